The molecule has 0 aromatic rings. The van der Waals surface area contributed by atoms with Crippen LogP contribution >= 0.6 is 0 Å². The molecular formula is C11H26N2O2. The number of nitrogens with zero attached hydrogens (tertiary/aromatic N) is 2. The lowest BCUT2D eigenvalue weighted by atomic mass is 10.4. The lowest BCUT2D eigenvalue weighted by Gasteiger charge is -2.19. The Hall–Kier alpha value is -0.160. The first-order valence-electron chi connectivity index (χ1n) is 5.56. The Bertz CT molecular complexity index is 132. The lowest BCUT2D eigenvalue weighted by molar-refractivity contribution is 0.0661. The fourth-order valence-corrected chi connectivity index (χ4v) is 1.16. The van der Waals surface area contributed by atoms with Crippen molar-refractivity contribution in [2.24, 2.45) is 0 Å². The largest absolute Gasteiger partial charge is 0.382 e. The highest BCUT2D eigenvalue weighted by Crippen LogP contribution is 1.89. The van der Waals surface area contributed by atoms with Crippen LogP contribution in [0.1, 0.15) is 6.42 Å². The van der Waals surface area contributed by atoms with Gasteiger partial charge in [0, 0.05) is 33.4 Å². The Kier molecular flexibility index (Phi) is 10.3. The Morgan fingerprint density at radius 3 is 2.20 bits per heavy atom. The van der Waals surface area contributed by atoms with Crippen molar-refractivity contribution >= 4 is 0 Å². The van der Waals surface area contributed by atoms with E-state index in [2.05, 4.69) is 30.9 Å². The molecule has 15 heavy (non-hydrogen) atoms. The molecule has 0 amide bonds. The Balaban J connectivity index is 3.13. The van der Waals surface area contributed by atoms with Crippen LogP contribution in [0.3, 0.4) is 0 Å². The van der Waals surface area contributed by atoms with Crippen LogP contribution in [0, 0.1) is 0 Å². The van der Waals surface area contributed by atoms with Gasteiger partial charge in [-0.2, -0.15) is 0 Å². The van der Waals surface area contributed by atoms with E-state index in [1.165, 1.54) is 0 Å². The summed E-state index contributed by atoms with van der Waals surface area (Å²) in [7, 11) is 8.04. The van der Waals surface area contributed by atoms with Gasteiger partial charge in [-0.15, -0.1) is 0 Å². The Morgan fingerprint density at radius 1 is 0.867 bits per heavy atom. The average Bonchev–Trinajstić information content (AvgIpc) is 2.20. The molecule has 0 unspecified atom stereocenters. The molecule has 0 aliphatic carbocycles. The number of rotatable bonds is 10. The molecule has 0 aliphatic heterocycles. The second kappa shape index (κ2) is 10.4. The van der Waals surface area contributed by atoms with Crippen molar-refractivity contribution in [3.05, 3.63) is 0 Å². The van der Waals surface area contributed by atoms with Gasteiger partial charge in [-0.25, -0.2) is 0 Å². The van der Waals surface area contributed by atoms with E-state index in [-0.39, 0.29) is 0 Å². The molecule has 0 rings (SSSR count). The van der Waals surface area contributed by atoms with Crippen molar-refractivity contribution in [1.82, 2.24) is 9.80 Å². The lowest BCUT2D eigenvalue weighted by Crippen LogP contribution is -2.29. The highest BCUT2D eigenvalue weighted by atomic mass is 16.5. The van der Waals surface area contributed by atoms with Gasteiger partial charge >= 0.3 is 0 Å². The van der Waals surface area contributed by atoms with Crippen LogP contribution in [0.15, 0.2) is 0 Å². The number of hydrogen-bond donors (Lipinski definition) is 0. The third-order valence-corrected chi connectivity index (χ3v) is 2.19. The van der Waals surface area contributed by atoms with Crippen LogP contribution in [-0.2, 0) is 9.47 Å². The van der Waals surface area contributed by atoms with Crippen LogP contribution in [0.5, 0.6) is 0 Å². The van der Waals surface area contributed by atoms with Crippen LogP contribution in [0.2, 0.25) is 0 Å². The molecule has 0 heterocycles. The van der Waals surface area contributed by atoms with Gasteiger partial charge in [0.15, 0.2) is 0 Å². The van der Waals surface area contributed by atoms with Crippen LogP contribution in [0.4, 0.5) is 0 Å². The predicted molar refractivity (Wildman–Crippen MR) is 63.4 cm³/mol. The van der Waals surface area contributed by atoms with E-state index in [4.69, 9.17) is 9.47 Å². The predicted octanol–water partition coefficient (Wildman–Crippen LogP) is 0.533. The van der Waals surface area contributed by atoms with Gasteiger partial charge in [0.2, 0.25) is 0 Å². The highest BCUT2D eigenvalue weighted by Gasteiger charge is 1.98. The molecule has 0 aliphatic rings. The molecule has 0 atom stereocenters. The molecule has 0 saturated carbocycles. The Labute approximate surface area is 94.1 Å². The summed E-state index contributed by atoms with van der Waals surface area (Å²) < 4.78 is 10.3. The molecule has 4 heteroatoms. The van der Waals surface area contributed by atoms with Crippen molar-refractivity contribution in [3.8, 4) is 0 Å². The summed E-state index contributed by atoms with van der Waals surface area (Å²) in [6.07, 6.45) is 1.09. The molecule has 0 radical (unpaired) electrons. The number of methoxy groups -OCH3 is 1. The molecule has 0 aromatic carbocycles. The minimum atomic E-state index is 0.691. The summed E-state index contributed by atoms with van der Waals surface area (Å²) in [5.74, 6) is 0. The molecule has 0 bridgehead atoms. The normalized spacial score (nSPS) is 11.6. The van der Waals surface area contributed by atoms with Crippen molar-refractivity contribution in [1.29, 1.82) is 0 Å². The van der Waals surface area contributed by atoms with E-state index >= 15 is 0 Å². The highest BCUT2D eigenvalue weighted by molar-refractivity contribution is 4.53. The smallest absolute Gasteiger partial charge is 0.0700 e. The van der Waals surface area contributed by atoms with Crippen molar-refractivity contribution in [2.75, 3.05) is 67.7 Å². The number of ether oxygens (including phenoxy) is 2. The molecule has 0 N–H and O–H groups in total. The van der Waals surface area contributed by atoms with E-state index in [0.717, 1.165) is 32.7 Å². The van der Waals surface area contributed by atoms with E-state index in [1.54, 1.807) is 7.11 Å². The first kappa shape index (κ1) is 14.8. The van der Waals surface area contributed by atoms with Gasteiger partial charge in [-0.3, -0.25) is 0 Å². The van der Waals surface area contributed by atoms with E-state index in [1.807, 2.05) is 0 Å². The minimum absolute atomic E-state index is 0.691. The summed E-state index contributed by atoms with van der Waals surface area (Å²) >= 11 is 0. The molecule has 92 valence electrons. The average molecular weight is 218 g/mol. The van der Waals surface area contributed by atoms with E-state index in [9.17, 15) is 0 Å². The summed E-state index contributed by atoms with van der Waals surface area (Å²) in [5.41, 5.74) is 0. The van der Waals surface area contributed by atoms with Gasteiger partial charge in [0.05, 0.1) is 13.2 Å². The zero-order valence-electron chi connectivity index (χ0n) is 10.7. The summed E-state index contributed by atoms with van der Waals surface area (Å²) in [5, 5.41) is 0. The molecule has 4 nitrogen and oxygen atoms in total. The molecule has 0 aromatic heterocycles. The van der Waals surface area contributed by atoms with Crippen LogP contribution < -0.4 is 0 Å². The van der Waals surface area contributed by atoms with Crippen LogP contribution in [0.25, 0.3) is 0 Å². The second-order valence-corrected chi connectivity index (χ2v) is 4.07. The molecular weight excluding hydrogens is 192 g/mol. The topological polar surface area (TPSA) is 24.9 Å². The summed E-state index contributed by atoms with van der Waals surface area (Å²) in [4.78, 5) is 4.53. The fourth-order valence-electron chi connectivity index (χ4n) is 1.16. The third-order valence-electron chi connectivity index (χ3n) is 2.19. The summed E-state index contributed by atoms with van der Waals surface area (Å²) in [6.45, 7) is 5.55. The maximum atomic E-state index is 5.39. The monoisotopic (exact) mass is 218 g/mol. The van der Waals surface area contributed by atoms with Crippen LogP contribution in [-0.4, -0.2) is 77.5 Å². The van der Waals surface area contributed by atoms with Gasteiger partial charge in [-0.1, -0.05) is 0 Å². The van der Waals surface area contributed by atoms with E-state index < -0.39 is 0 Å². The standard InChI is InChI=1S/C11H26N2O2/c1-12(2)7-8-13(3)6-5-9-15-11-10-14-4/h5-11H2,1-4H3. The molecule has 0 saturated heterocycles. The van der Waals surface area contributed by atoms with Crippen molar-refractivity contribution in [2.45, 2.75) is 6.42 Å². The molecule has 0 fully saturated rings. The van der Waals surface area contributed by atoms with E-state index in [0.29, 0.717) is 13.2 Å². The molecule has 0 spiro atoms. The van der Waals surface area contributed by atoms with Crippen molar-refractivity contribution in [3.63, 3.8) is 0 Å². The zero-order chi connectivity index (χ0) is 11.5. The SMILES string of the molecule is COCCOCCCN(C)CCN(C)C. The maximum absolute atomic E-state index is 5.39. The second-order valence-electron chi connectivity index (χ2n) is 4.07. The maximum Gasteiger partial charge on any atom is 0.0700 e. The fraction of sp³-hybridized carbons (Fsp3) is 1.00. The third kappa shape index (κ3) is 11.8. The van der Waals surface area contributed by atoms with Gasteiger partial charge < -0.3 is 19.3 Å². The number of hydrogen-bond acceptors (Lipinski definition) is 4. The number of likely N-dealkylation sites (N-methyl/N-ethyl adjacent to an activating group) is 2. The van der Waals surface area contributed by atoms with Gasteiger partial charge in [0.1, 0.15) is 0 Å². The first-order chi connectivity index (χ1) is 7.16. The quantitative estimate of drug-likeness (QED) is 0.500. The first-order valence-corrected chi connectivity index (χ1v) is 5.56. The Morgan fingerprint density at radius 2 is 1.60 bits per heavy atom. The summed E-state index contributed by atoms with van der Waals surface area (Å²) in [6, 6.07) is 0. The minimum Gasteiger partial charge on any atom is -0.382 e. The van der Waals surface area contributed by atoms with Crippen molar-refractivity contribution < 1.29 is 9.47 Å². The zero-order valence-corrected chi connectivity index (χ0v) is 10.7. The van der Waals surface area contributed by atoms with Gasteiger partial charge in [-0.05, 0) is 27.6 Å². The van der Waals surface area contributed by atoms with Gasteiger partial charge in [0.25, 0.3) is 0 Å².